The van der Waals surface area contributed by atoms with Gasteiger partial charge in [-0.2, -0.15) is 0 Å². The van der Waals surface area contributed by atoms with E-state index in [0.717, 1.165) is 56.5 Å². The van der Waals surface area contributed by atoms with Crippen LogP contribution in [0.4, 0.5) is 0 Å². The fourth-order valence-electron chi connectivity index (χ4n) is 4.77. The van der Waals surface area contributed by atoms with E-state index in [-0.39, 0.29) is 0 Å². The van der Waals surface area contributed by atoms with Crippen LogP contribution in [-0.4, -0.2) is 55.7 Å². The molecule has 1 aromatic rings. The van der Waals surface area contributed by atoms with Gasteiger partial charge in [-0.05, 0) is 48.6 Å². The second-order valence-corrected chi connectivity index (χ2v) is 8.84. The maximum atomic E-state index is 5.95. The topological polar surface area (TPSA) is 24.9 Å². The number of hydrogen-bond donors (Lipinski definition) is 0. The molecule has 0 radical (unpaired) electrons. The molecule has 0 N–H and O–H groups in total. The molecule has 0 bridgehead atoms. The van der Waals surface area contributed by atoms with Gasteiger partial charge in [0.1, 0.15) is 19.0 Å². The van der Waals surface area contributed by atoms with Gasteiger partial charge >= 0.3 is 0 Å². The number of aryl methyl sites for hydroxylation is 1. The quantitative estimate of drug-likeness (QED) is 0.812. The smallest absolute Gasteiger partial charge is 0.179 e. The standard InChI is InChI=1S/C21H28N2O2S/c1-2-18(21-19(3-1)24-11-12-25-21)23-9-7-22(8-10-23)15-16-4-5-20-17(14-16)6-13-26-20/h2,6,13,16H,1,3-5,7-12,14-15H2. The summed E-state index contributed by atoms with van der Waals surface area (Å²) in [7, 11) is 0. The summed E-state index contributed by atoms with van der Waals surface area (Å²) in [6, 6.07) is 2.34. The lowest BCUT2D eigenvalue weighted by molar-refractivity contribution is 0.0482. The fraction of sp³-hybridized carbons (Fsp3) is 0.619. The summed E-state index contributed by atoms with van der Waals surface area (Å²) < 4.78 is 11.8. The van der Waals surface area contributed by atoms with E-state index in [1.807, 2.05) is 11.3 Å². The Hall–Kier alpha value is -1.46. The third-order valence-corrected chi connectivity index (χ3v) is 7.18. The average Bonchev–Trinajstić information content (AvgIpc) is 3.16. The van der Waals surface area contributed by atoms with Crippen molar-refractivity contribution in [1.82, 2.24) is 9.80 Å². The van der Waals surface area contributed by atoms with Gasteiger partial charge in [0.25, 0.3) is 0 Å². The van der Waals surface area contributed by atoms with Gasteiger partial charge in [-0.15, -0.1) is 11.3 Å². The van der Waals surface area contributed by atoms with E-state index in [0.29, 0.717) is 13.2 Å². The first-order chi connectivity index (χ1) is 12.9. The molecule has 2 aliphatic heterocycles. The van der Waals surface area contributed by atoms with Crippen LogP contribution in [0.25, 0.3) is 0 Å². The summed E-state index contributed by atoms with van der Waals surface area (Å²) in [5.74, 6) is 2.93. The second-order valence-electron chi connectivity index (χ2n) is 7.84. The van der Waals surface area contributed by atoms with E-state index < -0.39 is 0 Å². The third-order valence-electron chi connectivity index (χ3n) is 6.16. The number of nitrogens with zero attached hydrogens (tertiary/aromatic N) is 2. The molecular formula is C21H28N2O2S. The molecule has 4 aliphatic rings. The molecule has 1 atom stereocenters. The maximum absolute atomic E-state index is 5.95. The van der Waals surface area contributed by atoms with Crippen molar-refractivity contribution >= 4 is 11.3 Å². The summed E-state index contributed by atoms with van der Waals surface area (Å²) in [6.07, 6.45) is 8.35. The lowest BCUT2D eigenvalue weighted by Crippen LogP contribution is -2.48. The summed E-state index contributed by atoms with van der Waals surface area (Å²) in [4.78, 5) is 6.82. The zero-order valence-corrected chi connectivity index (χ0v) is 16.2. The van der Waals surface area contributed by atoms with Gasteiger partial charge in [0.2, 0.25) is 0 Å². The molecule has 0 amide bonds. The Kier molecular flexibility index (Phi) is 4.67. The van der Waals surface area contributed by atoms with E-state index in [1.54, 1.807) is 10.4 Å². The Morgan fingerprint density at radius 2 is 1.96 bits per heavy atom. The molecule has 26 heavy (non-hydrogen) atoms. The SMILES string of the molecule is C1=C(N2CCN(CC3CCc4sccc4C3)CC2)C2=C(CC1)OCCO2. The molecule has 1 aromatic heterocycles. The summed E-state index contributed by atoms with van der Waals surface area (Å²) in [6.45, 7) is 7.16. The number of piperazine rings is 1. The van der Waals surface area contributed by atoms with E-state index in [4.69, 9.17) is 9.47 Å². The van der Waals surface area contributed by atoms with Crippen LogP contribution >= 0.6 is 11.3 Å². The fourth-order valence-corrected chi connectivity index (χ4v) is 5.71. The molecular weight excluding hydrogens is 344 g/mol. The van der Waals surface area contributed by atoms with Crippen LogP contribution in [0.15, 0.2) is 34.7 Å². The molecule has 0 aromatic carbocycles. The number of thiophene rings is 1. The highest BCUT2D eigenvalue weighted by Crippen LogP contribution is 2.33. The lowest BCUT2D eigenvalue weighted by Gasteiger charge is -2.40. The third kappa shape index (κ3) is 3.27. The number of ether oxygens (including phenoxy) is 2. The van der Waals surface area contributed by atoms with E-state index in [9.17, 15) is 0 Å². The van der Waals surface area contributed by atoms with Gasteiger partial charge < -0.3 is 14.4 Å². The molecule has 0 saturated carbocycles. The molecule has 1 fully saturated rings. The van der Waals surface area contributed by atoms with E-state index in [2.05, 4.69) is 27.3 Å². The minimum atomic E-state index is 0.683. The first-order valence-electron chi connectivity index (χ1n) is 10.1. The molecule has 5 rings (SSSR count). The monoisotopic (exact) mass is 372 g/mol. The predicted molar refractivity (Wildman–Crippen MR) is 104 cm³/mol. The first kappa shape index (κ1) is 16.7. The van der Waals surface area contributed by atoms with Crippen molar-refractivity contribution in [3.8, 4) is 0 Å². The van der Waals surface area contributed by atoms with Gasteiger partial charge in [-0.3, -0.25) is 4.90 Å². The van der Waals surface area contributed by atoms with Crippen molar-refractivity contribution in [3.63, 3.8) is 0 Å². The van der Waals surface area contributed by atoms with Crippen LogP contribution in [-0.2, 0) is 22.3 Å². The highest BCUT2D eigenvalue weighted by Gasteiger charge is 2.29. The summed E-state index contributed by atoms with van der Waals surface area (Å²) in [5.41, 5.74) is 2.90. The normalized spacial score (nSPS) is 26.5. The van der Waals surface area contributed by atoms with Crippen molar-refractivity contribution in [3.05, 3.63) is 45.2 Å². The highest BCUT2D eigenvalue weighted by molar-refractivity contribution is 7.10. The predicted octanol–water partition coefficient (Wildman–Crippen LogP) is 3.41. The first-order valence-corrected chi connectivity index (χ1v) is 11.0. The Labute approximate surface area is 160 Å². The molecule has 3 heterocycles. The van der Waals surface area contributed by atoms with Crippen molar-refractivity contribution in [1.29, 1.82) is 0 Å². The van der Waals surface area contributed by atoms with Gasteiger partial charge in [0, 0.05) is 44.0 Å². The van der Waals surface area contributed by atoms with Crippen LogP contribution in [0.5, 0.6) is 0 Å². The summed E-state index contributed by atoms with van der Waals surface area (Å²) in [5, 5.41) is 2.27. The van der Waals surface area contributed by atoms with Crippen molar-refractivity contribution in [2.45, 2.75) is 32.1 Å². The Morgan fingerprint density at radius 3 is 2.88 bits per heavy atom. The van der Waals surface area contributed by atoms with Gasteiger partial charge in [-0.25, -0.2) is 0 Å². The number of rotatable bonds is 3. The van der Waals surface area contributed by atoms with Crippen molar-refractivity contribution in [2.24, 2.45) is 5.92 Å². The molecule has 4 nitrogen and oxygen atoms in total. The lowest BCUT2D eigenvalue weighted by atomic mass is 9.88. The van der Waals surface area contributed by atoms with Crippen LogP contribution in [0.3, 0.4) is 0 Å². The van der Waals surface area contributed by atoms with Gasteiger partial charge in [0.05, 0.1) is 5.70 Å². The minimum Gasteiger partial charge on any atom is -0.490 e. The minimum absolute atomic E-state index is 0.683. The van der Waals surface area contributed by atoms with Gasteiger partial charge in [-0.1, -0.05) is 6.08 Å². The molecule has 1 unspecified atom stereocenters. The van der Waals surface area contributed by atoms with Crippen LogP contribution in [0.2, 0.25) is 0 Å². The zero-order valence-electron chi connectivity index (χ0n) is 15.4. The van der Waals surface area contributed by atoms with E-state index in [1.165, 1.54) is 31.5 Å². The van der Waals surface area contributed by atoms with Crippen LogP contribution < -0.4 is 0 Å². The Bertz CT molecular complexity index is 715. The van der Waals surface area contributed by atoms with E-state index >= 15 is 0 Å². The molecule has 5 heteroatoms. The number of fused-ring (bicyclic) bond motifs is 1. The van der Waals surface area contributed by atoms with Crippen molar-refractivity contribution in [2.75, 3.05) is 45.9 Å². The summed E-state index contributed by atoms with van der Waals surface area (Å²) >= 11 is 1.95. The van der Waals surface area contributed by atoms with Crippen molar-refractivity contribution < 1.29 is 9.47 Å². The average molecular weight is 373 g/mol. The Morgan fingerprint density at radius 1 is 1.08 bits per heavy atom. The Balaban J connectivity index is 1.17. The molecule has 2 aliphatic carbocycles. The largest absolute Gasteiger partial charge is 0.490 e. The molecule has 1 saturated heterocycles. The number of hydrogen-bond acceptors (Lipinski definition) is 5. The molecule has 140 valence electrons. The number of allylic oxidation sites excluding steroid dienone is 2. The van der Waals surface area contributed by atoms with Crippen LogP contribution in [0.1, 0.15) is 29.7 Å². The van der Waals surface area contributed by atoms with Crippen LogP contribution in [0, 0.1) is 5.92 Å². The van der Waals surface area contributed by atoms with Gasteiger partial charge in [0.15, 0.2) is 5.76 Å². The second kappa shape index (κ2) is 7.28. The zero-order chi connectivity index (χ0) is 17.3. The molecule has 0 spiro atoms. The maximum Gasteiger partial charge on any atom is 0.179 e. The highest BCUT2D eigenvalue weighted by atomic mass is 32.1.